The highest BCUT2D eigenvalue weighted by molar-refractivity contribution is 6.01. The van der Waals surface area contributed by atoms with E-state index >= 15 is 0 Å². The van der Waals surface area contributed by atoms with E-state index in [1.807, 2.05) is 14.0 Å². The zero-order chi connectivity index (χ0) is 19.4. The van der Waals surface area contributed by atoms with E-state index in [9.17, 15) is 10.2 Å². The van der Waals surface area contributed by atoms with Crippen molar-refractivity contribution in [2.45, 2.75) is 53.4 Å². The van der Waals surface area contributed by atoms with Gasteiger partial charge in [-0.15, -0.1) is 0 Å². The van der Waals surface area contributed by atoms with E-state index in [-0.39, 0.29) is 12.5 Å². The van der Waals surface area contributed by atoms with Gasteiger partial charge >= 0.3 is 0 Å². The van der Waals surface area contributed by atoms with E-state index in [1.165, 1.54) is 16.5 Å². The van der Waals surface area contributed by atoms with Crippen molar-refractivity contribution in [1.29, 1.82) is 0 Å². The van der Waals surface area contributed by atoms with Gasteiger partial charge in [-0.3, -0.25) is 0 Å². The highest BCUT2D eigenvalue weighted by Crippen LogP contribution is 2.43. The van der Waals surface area contributed by atoms with Gasteiger partial charge < -0.3 is 15.1 Å². The first-order chi connectivity index (χ1) is 12.3. The Morgan fingerprint density at radius 2 is 1.96 bits per heavy atom. The Balaban J connectivity index is 2.72. The number of aryl methyl sites for hydroxylation is 2. The molecule has 26 heavy (non-hydrogen) atoms. The van der Waals surface area contributed by atoms with Gasteiger partial charge in [0.1, 0.15) is 5.75 Å². The lowest BCUT2D eigenvalue weighted by Crippen LogP contribution is -2.17. The molecular weight excluding hydrogens is 322 g/mol. The van der Waals surface area contributed by atoms with Gasteiger partial charge in [-0.1, -0.05) is 37.6 Å². The molecule has 0 aromatic heterocycles. The van der Waals surface area contributed by atoms with Crippen molar-refractivity contribution in [2.24, 2.45) is 0 Å². The largest absolute Gasteiger partial charge is 0.505 e. The Kier molecular flexibility index (Phi) is 6.71. The Hall–Kier alpha value is -2.00. The summed E-state index contributed by atoms with van der Waals surface area (Å²) in [5.41, 5.74) is 5.47. The average Bonchev–Trinajstić information content (AvgIpc) is 2.62. The van der Waals surface area contributed by atoms with Crippen molar-refractivity contribution in [2.75, 3.05) is 25.1 Å². The molecule has 0 saturated heterocycles. The molecule has 0 aliphatic rings. The molecule has 0 spiro atoms. The molecule has 2 aromatic rings. The lowest BCUT2D eigenvalue weighted by atomic mass is 9.90. The molecule has 0 radical (unpaired) electrons. The number of rotatable bonds is 7. The van der Waals surface area contributed by atoms with E-state index in [4.69, 9.17) is 0 Å². The molecule has 3 nitrogen and oxygen atoms in total. The molecular formula is C23H33NO2. The number of allylic oxidation sites excluding steroid dienone is 1. The fourth-order valence-electron chi connectivity index (χ4n) is 3.48. The molecule has 0 saturated carbocycles. The molecule has 0 aliphatic heterocycles. The van der Waals surface area contributed by atoms with Crippen molar-refractivity contribution in [3.8, 4) is 5.75 Å². The third-order valence-electron chi connectivity index (χ3n) is 5.24. The van der Waals surface area contributed by atoms with Crippen molar-refractivity contribution in [3.63, 3.8) is 0 Å². The van der Waals surface area contributed by atoms with E-state index in [2.05, 4.69) is 56.9 Å². The van der Waals surface area contributed by atoms with Crippen LogP contribution in [0.1, 0.15) is 56.7 Å². The first-order valence-electron chi connectivity index (χ1n) is 9.57. The number of fused-ring (bicyclic) bond motifs is 1. The van der Waals surface area contributed by atoms with Gasteiger partial charge in [0.2, 0.25) is 0 Å². The SMILES string of the molecule is CCN(C)c1c(O)c(C(C)C)cc2ccc(C)c(CC/C=C(\C)CO)c12. The summed E-state index contributed by atoms with van der Waals surface area (Å²) in [6, 6.07) is 6.48. The predicted molar refractivity (Wildman–Crippen MR) is 113 cm³/mol. The standard InChI is InChI=1S/C23H33NO2/c1-7-24(6)22-21-18(13-20(15(2)3)23(22)26)12-11-17(5)19(21)10-8-9-16(4)14-25/h9,11-13,15,25-26H,7-8,10,14H2,1-6H3/b16-9+. The first kappa shape index (κ1) is 20.3. The predicted octanol–water partition coefficient (Wildman–Crippen LogP) is 5.30. The Morgan fingerprint density at radius 3 is 2.54 bits per heavy atom. The quantitative estimate of drug-likeness (QED) is 0.662. The van der Waals surface area contributed by atoms with Gasteiger partial charge in [0, 0.05) is 19.0 Å². The van der Waals surface area contributed by atoms with Crippen LogP contribution in [0.15, 0.2) is 29.8 Å². The molecule has 3 heteroatoms. The van der Waals surface area contributed by atoms with Crippen molar-refractivity contribution < 1.29 is 10.2 Å². The summed E-state index contributed by atoms with van der Waals surface area (Å²) >= 11 is 0. The molecule has 0 fully saturated rings. The fraction of sp³-hybridized carbons (Fsp3) is 0.478. The molecule has 0 bridgehead atoms. The second-order valence-electron chi connectivity index (χ2n) is 7.54. The van der Waals surface area contributed by atoms with Crippen LogP contribution in [0.5, 0.6) is 5.75 Å². The summed E-state index contributed by atoms with van der Waals surface area (Å²) in [6.07, 6.45) is 3.88. The summed E-state index contributed by atoms with van der Waals surface area (Å²) in [5.74, 6) is 0.675. The van der Waals surface area contributed by atoms with Crippen LogP contribution in [0.25, 0.3) is 10.8 Å². The minimum atomic E-state index is 0.108. The normalized spacial score (nSPS) is 12.2. The topological polar surface area (TPSA) is 43.7 Å². The zero-order valence-electron chi connectivity index (χ0n) is 17.1. The van der Waals surface area contributed by atoms with Crippen LogP contribution in [0.3, 0.4) is 0 Å². The van der Waals surface area contributed by atoms with Crippen molar-refractivity contribution in [3.05, 3.63) is 46.5 Å². The summed E-state index contributed by atoms with van der Waals surface area (Å²) in [6.45, 7) is 11.4. The Bertz CT molecular complexity index is 806. The zero-order valence-corrected chi connectivity index (χ0v) is 17.1. The van der Waals surface area contributed by atoms with Crippen LogP contribution in [-0.4, -0.2) is 30.4 Å². The molecule has 0 unspecified atom stereocenters. The number of hydrogen-bond acceptors (Lipinski definition) is 3. The summed E-state index contributed by atoms with van der Waals surface area (Å²) < 4.78 is 0. The molecule has 142 valence electrons. The molecule has 0 aliphatic carbocycles. The van der Waals surface area contributed by atoms with Gasteiger partial charge in [-0.05, 0) is 67.7 Å². The van der Waals surface area contributed by atoms with Gasteiger partial charge in [-0.2, -0.15) is 0 Å². The number of nitrogens with zero attached hydrogens (tertiary/aromatic N) is 1. The summed E-state index contributed by atoms with van der Waals surface area (Å²) in [5, 5.41) is 22.6. The lowest BCUT2D eigenvalue weighted by molar-refractivity contribution is 0.331. The summed E-state index contributed by atoms with van der Waals surface area (Å²) in [7, 11) is 2.04. The maximum atomic E-state index is 11.0. The number of anilines is 1. The molecule has 2 N–H and O–H groups in total. The third kappa shape index (κ3) is 4.04. The van der Waals surface area contributed by atoms with Gasteiger partial charge in [0.25, 0.3) is 0 Å². The lowest BCUT2D eigenvalue weighted by Gasteiger charge is -2.26. The number of benzene rings is 2. The van der Waals surface area contributed by atoms with Gasteiger partial charge in [-0.25, -0.2) is 0 Å². The highest BCUT2D eigenvalue weighted by atomic mass is 16.3. The Morgan fingerprint density at radius 1 is 1.27 bits per heavy atom. The third-order valence-corrected chi connectivity index (χ3v) is 5.24. The molecule has 2 rings (SSSR count). The highest BCUT2D eigenvalue weighted by Gasteiger charge is 2.20. The molecule has 0 amide bonds. The van der Waals surface area contributed by atoms with Gasteiger partial charge in [0.05, 0.1) is 12.3 Å². The maximum Gasteiger partial charge on any atom is 0.142 e. The van der Waals surface area contributed by atoms with Crippen molar-refractivity contribution in [1.82, 2.24) is 0 Å². The monoisotopic (exact) mass is 355 g/mol. The second kappa shape index (κ2) is 8.59. The average molecular weight is 356 g/mol. The van der Waals surface area contributed by atoms with E-state index in [1.54, 1.807) is 0 Å². The number of aromatic hydroxyl groups is 1. The number of phenols is 1. The van der Waals surface area contributed by atoms with Crippen LogP contribution in [-0.2, 0) is 6.42 Å². The van der Waals surface area contributed by atoms with Gasteiger partial charge in [0.15, 0.2) is 0 Å². The fourth-order valence-corrected chi connectivity index (χ4v) is 3.48. The Labute approximate surface area is 158 Å². The number of aliphatic hydroxyl groups is 1. The number of phenolic OH excluding ortho intramolecular Hbond substituents is 1. The minimum Gasteiger partial charge on any atom is -0.505 e. The summed E-state index contributed by atoms with van der Waals surface area (Å²) in [4.78, 5) is 2.14. The number of hydrogen-bond donors (Lipinski definition) is 2. The molecule has 0 atom stereocenters. The van der Waals surface area contributed by atoms with Crippen LogP contribution in [0.2, 0.25) is 0 Å². The maximum absolute atomic E-state index is 11.0. The van der Waals surface area contributed by atoms with Crippen molar-refractivity contribution >= 4 is 16.5 Å². The van der Waals surface area contributed by atoms with Crippen LogP contribution >= 0.6 is 0 Å². The molecule has 2 aromatic carbocycles. The minimum absolute atomic E-state index is 0.108. The second-order valence-corrected chi connectivity index (χ2v) is 7.54. The smallest absolute Gasteiger partial charge is 0.142 e. The van der Waals surface area contributed by atoms with Crippen LogP contribution < -0.4 is 4.90 Å². The van der Waals surface area contributed by atoms with Crippen LogP contribution in [0.4, 0.5) is 5.69 Å². The first-order valence-corrected chi connectivity index (χ1v) is 9.57. The van der Waals surface area contributed by atoms with E-state index in [0.29, 0.717) is 5.75 Å². The van der Waals surface area contributed by atoms with Crippen LogP contribution in [0, 0.1) is 6.92 Å². The van der Waals surface area contributed by atoms with E-state index < -0.39 is 0 Å². The molecule has 0 heterocycles. The number of aliphatic hydroxyl groups excluding tert-OH is 1. The van der Waals surface area contributed by atoms with E-state index in [0.717, 1.165) is 41.6 Å².